The first-order valence-electron chi connectivity index (χ1n) is 5.77. The Morgan fingerprint density at radius 2 is 2.00 bits per heavy atom. The summed E-state index contributed by atoms with van der Waals surface area (Å²) in [6.45, 7) is 0.150. The summed E-state index contributed by atoms with van der Waals surface area (Å²) in [6.07, 6.45) is 1.33. The molecule has 114 valence electrons. The van der Waals surface area contributed by atoms with Crippen molar-refractivity contribution in [3.8, 4) is 0 Å². The standard InChI is InChI=1S/C12H12ClF2N3O2S/c1-18-6-9(4-8(18)5-16)21(19,20)17-12-10(13)2-7(14)3-11(12)15/h2-4,6,17H,5,16H2,1H3. The van der Waals surface area contributed by atoms with Gasteiger partial charge < -0.3 is 10.3 Å². The van der Waals surface area contributed by atoms with Crippen LogP contribution in [0.4, 0.5) is 14.5 Å². The number of rotatable bonds is 4. The summed E-state index contributed by atoms with van der Waals surface area (Å²) in [5, 5.41) is -0.369. The fourth-order valence-corrected chi connectivity index (χ4v) is 3.24. The number of sulfonamides is 1. The third-order valence-corrected chi connectivity index (χ3v) is 4.46. The number of nitrogens with one attached hydrogen (secondary N) is 1. The van der Waals surface area contributed by atoms with E-state index >= 15 is 0 Å². The van der Waals surface area contributed by atoms with Crippen molar-refractivity contribution < 1.29 is 17.2 Å². The van der Waals surface area contributed by atoms with E-state index < -0.39 is 27.3 Å². The van der Waals surface area contributed by atoms with Crippen LogP contribution < -0.4 is 10.5 Å². The first kappa shape index (κ1) is 15.7. The van der Waals surface area contributed by atoms with Gasteiger partial charge >= 0.3 is 0 Å². The smallest absolute Gasteiger partial charge is 0.263 e. The van der Waals surface area contributed by atoms with E-state index in [4.69, 9.17) is 17.3 Å². The number of hydrogen-bond acceptors (Lipinski definition) is 3. The average molecular weight is 336 g/mol. The quantitative estimate of drug-likeness (QED) is 0.899. The lowest BCUT2D eigenvalue weighted by Crippen LogP contribution is -2.14. The monoisotopic (exact) mass is 335 g/mol. The van der Waals surface area contributed by atoms with Crippen LogP contribution in [0.2, 0.25) is 5.02 Å². The highest BCUT2D eigenvalue weighted by atomic mass is 35.5. The minimum Gasteiger partial charge on any atom is -0.352 e. The highest BCUT2D eigenvalue weighted by molar-refractivity contribution is 7.92. The van der Waals surface area contributed by atoms with Gasteiger partial charge in [0.05, 0.1) is 5.02 Å². The van der Waals surface area contributed by atoms with Gasteiger partial charge in [-0.1, -0.05) is 11.6 Å². The summed E-state index contributed by atoms with van der Waals surface area (Å²) in [4.78, 5) is -0.0924. The number of halogens is 3. The second kappa shape index (κ2) is 5.63. The molecule has 3 N–H and O–H groups in total. The molecule has 0 unspecified atom stereocenters. The molecule has 0 aliphatic rings. The van der Waals surface area contributed by atoms with Crippen molar-refractivity contribution >= 4 is 27.3 Å². The molecule has 0 radical (unpaired) electrons. The molecule has 0 bridgehead atoms. The van der Waals surface area contributed by atoms with Gasteiger partial charge in [-0.15, -0.1) is 0 Å². The zero-order valence-corrected chi connectivity index (χ0v) is 12.5. The lowest BCUT2D eigenvalue weighted by molar-refractivity contribution is 0.583. The molecule has 1 aromatic carbocycles. The molecule has 0 saturated heterocycles. The fourth-order valence-electron chi connectivity index (χ4n) is 1.76. The Bertz CT molecular complexity index is 767. The van der Waals surface area contributed by atoms with Crippen molar-refractivity contribution in [1.29, 1.82) is 0 Å². The summed E-state index contributed by atoms with van der Waals surface area (Å²) in [6, 6.07) is 2.72. The van der Waals surface area contributed by atoms with Gasteiger partial charge in [0.25, 0.3) is 10.0 Å². The Kier molecular flexibility index (Phi) is 4.22. The third kappa shape index (κ3) is 3.17. The maximum absolute atomic E-state index is 13.6. The van der Waals surface area contributed by atoms with E-state index in [0.29, 0.717) is 11.8 Å². The molecule has 1 heterocycles. The molecular formula is C12H12ClF2N3O2S. The van der Waals surface area contributed by atoms with Crippen LogP contribution in [0.3, 0.4) is 0 Å². The largest absolute Gasteiger partial charge is 0.352 e. The van der Waals surface area contributed by atoms with Crippen LogP contribution in [0, 0.1) is 11.6 Å². The Hall–Kier alpha value is -1.64. The number of benzene rings is 1. The second-order valence-corrected chi connectivity index (χ2v) is 6.42. The molecular weight excluding hydrogens is 324 g/mol. The third-order valence-electron chi connectivity index (χ3n) is 2.85. The molecule has 2 aromatic rings. The normalized spacial score (nSPS) is 11.7. The number of nitrogens with zero attached hydrogens (tertiary/aromatic N) is 1. The summed E-state index contributed by atoms with van der Waals surface area (Å²) >= 11 is 5.66. The molecule has 0 aliphatic carbocycles. The van der Waals surface area contributed by atoms with Crippen molar-refractivity contribution in [1.82, 2.24) is 4.57 Å². The van der Waals surface area contributed by atoms with Gasteiger partial charge in [0.15, 0.2) is 5.82 Å². The van der Waals surface area contributed by atoms with Crippen LogP contribution in [0.15, 0.2) is 29.3 Å². The van der Waals surface area contributed by atoms with Gasteiger partial charge in [-0.25, -0.2) is 17.2 Å². The van der Waals surface area contributed by atoms with E-state index in [1.54, 1.807) is 7.05 Å². The van der Waals surface area contributed by atoms with Gasteiger partial charge in [0.1, 0.15) is 16.4 Å². The molecule has 0 saturated carbocycles. The molecule has 0 amide bonds. The van der Waals surface area contributed by atoms with Crippen LogP contribution in [-0.4, -0.2) is 13.0 Å². The summed E-state index contributed by atoms with van der Waals surface area (Å²) in [7, 11) is -2.42. The lowest BCUT2D eigenvalue weighted by Gasteiger charge is -2.09. The van der Waals surface area contributed by atoms with Crippen molar-refractivity contribution in [2.45, 2.75) is 11.4 Å². The van der Waals surface area contributed by atoms with Gasteiger partial charge in [0, 0.05) is 31.5 Å². The average Bonchev–Trinajstić information content (AvgIpc) is 2.76. The highest BCUT2D eigenvalue weighted by Gasteiger charge is 2.21. The number of hydrogen-bond donors (Lipinski definition) is 2. The Balaban J connectivity index is 2.42. The number of aromatic nitrogens is 1. The van der Waals surface area contributed by atoms with Crippen LogP contribution >= 0.6 is 11.6 Å². The second-order valence-electron chi connectivity index (χ2n) is 4.33. The van der Waals surface area contributed by atoms with Crippen LogP contribution in [0.5, 0.6) is 0 Å². The molecule has 1 aromatic heterocycles. The predicted octanol–water partition coefficient (Wildman–Crippen LogP) is 2.22. The Morgan fingerprint density at radius 1 is 1.33 bits per heavy atom. The molecule has 0 fully saturated rings. The van der Waals surface area contributed by atoms with Gasteiger partial charge in [-0.2, -0.15) is 0 Å². The zero-order chi connectivity index (χ0) is 15.8. The van der Waals surface area contributed by atoms with Crippen molar-refractivity contribution in [3.63, 3.8) is 0 Å². The highest BCUT2D eigenvalue weighted by Crippen LogP contribution is 2.29. The predicted molar refractivity (Wildman–Crippen MR) is 75.5 cm³/mol. The van der Waals surface area contributed by atoms with E-state index in [2.05, 4.69) is 0 Å². The molecule has 2 rings (SSSR count). The van der Waals surface area contributed by atoms with Gasteiger partial charge in [-0.3, -0.25) is 4.72 Å². The minimum absolute atomic E-state index is 0.0924. The number of nitrogens with two attached hydrogens (primary N) is 1. The van der Waals surface area contributed by atoms with Crippen LogP contribution in [-0.2, 0) is 23.6 Å². The maximum atomic E-state index is 13.6. The Labute approximate surface area is 125 Å². The first-order chi connectivity index (χ1) is 9.74. The molecule has 9 heteroatoms. The topological polar surface area (TPSA) is 77.1 Å². The van der Waals surface area contributed by atoms with E-state index in [0.717, 1.165) is 6.07 Å². The van der Waals surface area contributed by atoms with Crippen molar-refractivity contribution in [2.75, 3.05) is 4.72 Å². The zero-order valence-electron chi connectivity index (χ0n) is 10.9. The number of anilines is 1. The molecule has 0 spiro atoms. The fraction of sp³-hybridized carbons (Fsp3) is 0.167. The van der Waals surface area contributed by atoms with E-state index in [1.165, 1.54) is 16.8 Å². The Morgan fingerprint density at radius 3 is 2.52 bits per heavy atom. The van der Waals surface area contributed by atoms with E-state index in [9.17, 15) is 17.2 Å². The summed E-state index contributed by atoms with van der Waals surface area (Å²) in [5.74, 6) is -2.00. The summed E-state index contributed by atoms with van der Waals surface area (Å²) in [5.41, 5.74) is 5.55. The van der Waals surface area contributed by atoms with Gasteiger partial charge in [0.2, 0.25) is 0 Å². The van der Waals surface area contributed by atoms with Crippen molar-refractivity contribution in [2.24, 2.45) is 12.8 Å². The maximum Gasteiger partial charge on any atom is 0.263 e. The van der Waals surface area contributed by atoms with Crippen LogP contribution in [0.25, 0.3) is 0 Å². The molecule has 21 heavy (non-hydrogen) atoms. The number of aryl methyl sites for hydroxylation is 1. The minimum atomic E-state index is -4.06. The molecule has 0 atom stereocenters. The summed E-state index contributed by atoms with van der Waals surface area (Å²) < 4.78 is 54.5. The van der Waals surface area contributed by atoms with Crippen LogP contribution in [0.1, 0.15) is 5.69 Å². The van der Waals surface area contributed by atoms with Gasteiger partial charge in [-0.05, 0) is 12.1 Å². The molecule has 0 aliphatic heterocycles. The van der Waals surface area contributed by atoms with E-state index in [1.807, 2.05) is 4.72 Å². The molecule has 5 nitrogen and oxygen atoms in total. The van der Waals surface area contributed by atoms with E-state index in [-0.39, 0.29) is 16.5 Å². The first-order valence-corrected chi connectivity index (χ1v) is 7.63. The van der Waals surface area contributed by atoms with Crippen molar-refractivity contribution in [3.05, 3.63) is 46.7 Å². The lowest BCUT2D eigenvalue weighted by atomic mass is 10.3. The SMILES string of the molecule is Cn1cc(S(=O)(=O)Nc2c(F)cc(F)cc2Cl)cc1CN.